The van der Waals surface area contributed by atoms with Crippen molar-refractivity contribution in [2.45, 2.75) is 45.1 Å². The Kier molecular flexibility index (Phi) is 6.19. The average molecular weight is 332 g/mol. The lowest BCUT2D eigenvalue weighted by Gasteiger charge is -2.36. The summed E-state index contributed by atoms with van der Waals surface area (Å²) >= 11 is 0. The van der Waals surface area contributed by atoms with Gasteiger partial charge in [-0.25, -0.2) is 0 Å². The number of carbonyl (C=O) groups is 1. The second-order valence-corrected chi connectivity index (χ2v) is 8.21. The molecule has 0 aromatic heterocycles. The molecule has 2 N–H and O–H groups in total. The number of nitrogens with two attached hydrogens (primary N) is 1. The Morgan fingerprint density at radius 1 is 0.955 bits per heavy atom. The molecule has 1 unspecified atom stereocenters. The fraction of sp³-hybridized carbons (Fsp3) is 0.929. The molecule has 2 heterocycles. The highest BCUT2D eigenvalue weighted by Crippen LogP contribution is 2.18. The standard InChI is InChI=1S/C14H28N4O3S/c1-13(15)12-14(19)16-8-10-18(11-9-16)22(20,21)17-6-4-2-3-5-7-17/h13H,2-12,15H2,1H3. The number of hydrogen-bond acceptors (Lipinski definition) is 4. The van der Waals surface area contributed by atoms with Gasteiger partial charge in [-0.3, -0.25) is 4.79 Å². The molecular weight excluding hydrogens is 304 g/mol. The molecule has 2 aliphatic heterocycles. The summed E-state index contributed by atoms with van der Waals surface area (Å²) < 4.78 is 28.5. The van der Waals surface area contributed by atoms with Crippen LogP contribution in [0, 0.1) is 0 Å². The summed E-state index contributed by atoms with van der Waals surface area (Å²) in [7, 11) is -3.38. The van der Waals surface area contributed by atoms with Crippen molar-refractivity contribution in [1.82, 2.24) is 13.5 Å². The van der Waals surface area contributed by atoms with Crippen molar-refractivity contribution >= 4 is 16.1 Å². The summed E-state index contributed by atoms with van der Waals surface area (Å²) in [5.74, 6) is 0.0156. The molecule has 0 spiro atoms. The summed E-state index contributed by atoms with van der Waals surface area (Å²) in [6, 6.07) is -0.161. The van der Waals surface area contributed by atoms with Gasteiger partial charge in [0.15, 0.2) is 0 Å². The lowest BCUT2D eigenvalue weighted by molar-refractivity contribution is -0.132. The molecule has 2 rings (SSSR count). The zero-order valence-corrected chi connectivity index (χ0v) is 14.2. The van der Waals surface area contributed by atoms with Crippen LogP contribution in [0.25, 0.3) is 0 Å². The largest absolute Gasteiger partial charge is 0.340 e. The first-order valence-electron chi connectivity index (χ1n) is 8.20. The highest BCUT2D eigenvalue weighted by Gasteiger charge is 2.33. The van der Waals surface area contributed by atoms with Crippen molar-refractivity contribution in [3.05, 3.63) is 0 Å². The van der Waals surface area contributed by atoms with Gasteiger partial charge in [-0.15, -0.1) is 0 Å². The summed E-state index contributed by atoms with van der Waals surface area (Å²) in [6.07, 6.45) is 4.40. The van der Waals surface area contributed by atoms with Crippen LogP contribution >= 0.6 is 0 Å². The predicted molar refractivity (Wildman–Crippen MR) is 85.4 cm³/mol. The van der Waals surface area contributed by atoms with E-state index in [1.807, 2.05) is 0 Å². The van der Waals surface area contributed by atoms with Gasteiger partial charge in [0.05, 0.1) is 0 Å². The molecule has 2 fully saturated rings. The zero-order valence-electron chi connectivity index (χ0n) is 13.4. The average Bonchev–Trinajstić information content (AvgIpc) is 2.76. The lowest BCUT2D eigenvalue weighted by atomic mass is 10.2. The van der Waals surface area contributed by atoms with E-state index in [-0.39, 0.29) is 11.9 Å². The quantitative estimate of drug-likeness (QED) is 0.784. The Balaban J connectivity index is 1.91. The van der Waals surface area contributed by atoms with Crippen molar-refractivity contribution in [2.24, 2.45) is 5.73 Å². The SMILES string of the molecule is CC(N)CC(=O)N1CCN(S(=O)(=O)N2CCCCCC2)CC1. The minimum Gasteiger partial charge on any atom is -0.340 e. The van der Waals surface area contributed by atoms with Crippen LogP contribution in [0.3, 0.4) is 0 Å². The van der Waals surface area contributed by atoms with Gasteiger partial charge in [0.25, 0.3) is 10.2 Å². The minimum atomic E-state index is -3.38. The van der Waals surface area contributed by atoms with E-state index in [9.17, 15) is 13.2 Å². The first-order chi connectivity index (χ1) is 10.4. The van der Waals surface area contributed by atoms with E-state index in [0.717, 1.165) is 25.7 Å². The summed E-state index contributed by atoms with van der Waals surface area (Å²) in [6.45, 7) is 4.71. The summed E-state index contributed by atoms with van der Waals surface area (Å²) in [4.78, 5) is 13.7. The van der Waals surface area contributed by atoms with Crippen molar-refractivity contribution in [3.8, 4) is 0 Å². The molecule has 0 saturated carbocycles. The highest BCUT2D eigenvalue weighted by molar-refractivity contribution is 7.86. The van der Waals surface area contributed by atoms with E-state index in [0.29, 0.717) is 45.7 Å². The fourth-order valence-electron chi connectivity index (χ4n) is 3.01. The van der Waals surface area contributed by atoms with E-state index in [1.165, 1.54) is 4.31 Å². The predicted octanol–water partition coefficient (Wildman–Crippen LogP) is -0.0113. The Bertz CT molecular complexity index is 464. The maximum atomic E-state index is 12.7. The Morgan fingerprint density at radius 3 is 1.95 bits per heavy atom. The van der Waals surface area contributed by atoms with Crippen molar-refractivity contribution < 1.29 is 13.2 Å². The number of carbonyl (C=O) groups excluding carboxylic acids is 1. The normalized spacial score (nSPS) is 24.0. The molecule has 0 radical (unpaired) electrons. The van der Waals surface area contributed by atoms with Gasteiger partial charge in [0.1, 0.15) is 0 Å². The Hall–Kier alpha value is -0.700. The maximum Gasteiger partial charge on any atom is 0.282 e. The maximum absolute atomic E-state index is 12.7. The number of piperazine rings is 1. The van der Waals surface area contributed by atoms with E-state index in [2.05, 4.69) is 0 Å². The number of nitrogens with zero attached hydrogens (tertiary/aromatic N) is 3. The molecule has 1 amide bonds. The van der Waals surface area contributed by atoms with Crippen molar-refractivity contribution in [1.29, 1.82) is 0 Å². The Morgan fingerprint density at radius 2 is 1.45 bits per heavy atom. The van der Waals surface area contributed by atoms with Crippen LogP contribution in [-0.2, 0) is 15.0 Å². The van der Waals surface area contributed by atoms with Crippen LogP contribution < -0.4 is 5.73 Å². The molecular formula is C14H28N4O3S. The van der Waals surface area contributed by atoms with Gasteiger partial charge >= 0.3 is 0 Å². The first kappa shape index (κ1) is 17.7. The van der Waals surface area contributed by atoms with Crippen LogP contribution in [0.1, 0.15) is 39.0 Å². The molecule has 0 aromatic carbocycles. The first-order valence-corrected chi connectivity index (χ1v) is 9.59. The zero-order chi connectivity index (χ0) is 16.2. The van der Waals surface area contributed by atoms with E-state index < -0.39 is 10.2 Å². The molecule has 8 heteroatoms. The highest BCUT2D eigenvalue weighted by atomic mass is 32.2. The molecule has 7 nitrogen and oxygen atoms in total. The number of hydrogen-bond donors (Lipinski definition) is 1. The third-order valence-corrected chi connectivity index (χ3v) is 6.34. The monoisotopic (exact) mass is 332 g/mol. The van der Waals surface area contributed by atoms with E-state index >= 15 is 0 Å². The van der Waals surface area contributed by atoms with Gasteiger partial charge in [0, 0.05) is 51.7 Å². The molecule has 0 aliphatic carbocycles. The van der Waals surface area contributed by atoms with Crippen LogP contribution in [0.5, 0.6) is 0 Å². The van der Waals surface area contributed by atoms with E-state index in [1.54, 1.807) is 16.1 Å². The molecule has 22 heavy (non-hydrogen) atoms. The lowest BCUT2D eigenvalue weighted by Crippen LogP contribution is -2.54. The number of amides is 1. The number of rotatable bonds is 4. The fourth-order valence-corrected chi connectivity index (χ4v) is 4.68. The van der Waals surface area contributed by atoms with Gasteiger partial charge in [-0.1, -0.05) is 12.8 Å². The minimum absolute atomic E-state index is 0.0156. The molecule has 0 bridgehead atoms. The summed E-state index contributed by atoms with van der Waals surface area (Å²) in [5.41, 5.74) is 5.65. The van der Waals surface area contributed by atoms with Gasteiger partial charge in [-0.2, -0.15) is 17.0 Å². The van der Waals surface area contributed by atoms with Gasteiger partial charge < -0.3 is 10.6 Å². The van der Waals surface area contributed by atoms with Crippen molar-refractivity contribution in [2.75, 3.05) is 39.3 Å². The van der Waals surface area contributed by atoms with Crippen LogP contribution in [-0.4, -0.2) is 73.1 Å². The third kappa shape index (κ3) is 4.41. The second kappa shape index (κ2) is 7.72. The van der Waals surface area contributed by atoms with Gasteiger partial charge in [-0.05, 0) is 19.8 Å². The molecule has 2 aliphatic rings. The molecule has 128 valence electrons. The molecule has 2 saturated heterocycles. The second-order valence-electron chi connectivity index (χ2n) is 6.28. The molecule has 1 atom stereocenters. The van der Waals surface area contributed by atoms with Crippen molar-refractivity contribution in [3.63, 3.8) is 0 Å². The van der Waals surface area contributed by atoms with E-state index in [4.69, 9.17) is 5.73 Å². The third-order valence-electron chi connectivity index (χ3n) is 4.31. The topological polar surface area (TPSA) is 87.0 Å². The molecule has 0 aromatic rings. The summed E-state index contributed by atoms with van der Waals surface area (Å²) in [5, 5.41) is 0. The van der Waals surface area contributed by atoms with Crippen LogP contribution in [0.15, 0.2) is 0 Å². The smallest absolute Gasteiger partial charge is 0.282 e. The van der Waals surface area contributed by atoms with Crippen LogP contribution in [0.2, 0.25) is 0 Å². The Labute approximate surface area is 133 Å². The van der Waals surface area contributed by atoms with Crippen LogP contribution in [0.4, 0.5) is 0 Å². The van der Waals surface area contributed by atoms with Gasteiger partial charge in [0.2, 0.25) is 5.91 Å².